The number of aliphatic hydroxyl groups is 1. The van der Waals surface area contributed by atoms with Gasteiger partial charge in [0, 0.05) is 0 Å². The van der Waals surface area contributed by atoms with Gasteiger partial charge in [-0.15, -0.1) is 0 Å². The Morgan fingerprint density at radius 2 is 1.95 bits per heavy atom. The van der Waals surface area contributed by atoms with Crippen molar-refractivity contribution in [2.24, 2.45) is 5.92 Å². The van der Waals surface area contributed by atoms with Crippen molar-refractivity contribution >= 4 is 0 Å². The second kappa shape index (κ2) is 6.95. The second-order valence-corrected chi connectivity index (χ2v) is 5.60. The van der Waals surface area contributed by atoms with Crippen LogP contribution in [0.5, 0.6) is 5.75 Å². The lowest BCUT2D eigenvalue weighted by Crippen LogP contribution is -2.14. The summed E-state index contributed by atoms with van der Waals surface area (Å²) in [7, 11) is 0. The minimum Gasteiger partial charge on any atom is -0.493 e. The predicted octanol–water partition coefficient (Wildman–Crippen LogP) is 4.26. The maximum absolute atomic E-state index is 10.6. The SMILES string of the molecule is CCCC(CCC)C(O)c1ccc2c(c1)CCCO2. The van der Waals surface area contributed by atoms with Gasteiger partial charge in [-0.2, -0.15) is 0 Å². The normalized spacial score (nSPS) is 16.0. The predicted molar refractivity (Wildman–Crippen MR) is 78.5 cm³/mol. The molecule has 19 heavy (non-hydrogen) atoms. The highest BCUT2D eigenvalue weighted by Crippen LogP contribution is 2.33. The molecule has 1 aliphatic heterocycles. The van der Waals surface area contributed by atoms with Crippen LogP contribution >= 0.6 is 0 Å². The summed E-state index contributed by atoms with van der Waals surface area (Å²) >= 11 is 0. The third-order valence-corrected chi connectivity index (χ3v) is 4.04. The van der Waals surface area contributed by atoms with Gasteiger partial charge in [-0.1, -0.05) is 32.8 Å². The quantitative estimate of drug-likeness (QED) is 0.830. The third-order valence-electron chi connectivity index (χ3n) is 4.04. The fraction of sp³-hybridized carbons (Fsp3) is 0.647. The first-order valence-electron chi connectivity index (χ1n) is 7.70. The molecule has 0 radical (unpaired) electrons. The average Bonchev–Trinajstić information content (AvgIpc) is 2.46. The smallest absolute Gasteiger partial charge is 0.122 e. The largest absolute Gasteiger partial charge is 0.493 e. The number of benzene rings is 1. The van der Waals surface area contributed by atoms with E-state index >= 15 is 0 Å². The van der Waals surface area contributed by atoms with Gasteiger partial charge in [-0.25, -0.2) is 0 Å². The Kier molecular flexibility index (Phi) is 5.26. The molecule has 106 valence electrons. The first-order chi connectivity index (χ1) is 9.26. The molecule has 1 aromatic carbocycles. The zero-order valence-electron chi connectivity index (χ0n) is 12.2. The van der Waals surface area contributed by atoms with Crippen LogP contribution in [0.25, 0.3) is 0 Å². The van der Waals surface area contributed by atoms with E-state index in [1.54, 1.807) is 0 Å². The van der Waals surface area contributed by atoms with E-state index in [9.17, 15) is 5.11 Å². The molecule has 0 saturated heterocycles. The molecule has 2 heteroatoms. The van der Waals surface area contributed by atoms with Crippen molar-refractivity contribution in [2.75, 3.05) is 6.61 Å². The Bertz CT molecular complexity index is 394. The number of fused-ring (bicyclic) bond motifs is 1. The van der Waals surface area contributed by atoms with Gasteiger partial charge in [0.2, 0.25) is 0 Å². The topological polar surface area (TPSA) is 29.5 Å². The molecule has 1 unspecified atom stereocenters. The molecule has 1 aliphatic rings. The maximum Gasteiger partial charge on any atom is 0.122 e. The van der Waals surface area contributed by atoms with Gasteiger partial charge in [-0.3, -0.25) is 0 Å². The van der Waals surface area contributed by atoms with Gasteiger partial charge in [0.1, 0.15) is 5.75 Å². The minimum atomic E-state index is -0.327. The molecule has 0 fully saturated rings. The molecule has 0 spiro atoms. The summed E-state index contributed by atoms with van der Waals surface area (Å²) in [6, 6.07) is 6.21. The van der Waals surface area contributed by atoms with Gasteiger partial charge in [0.15, 0.2) is 0 Å². The maximum atomic E-state index is 10.6. The third kappa shape index (κ3) is 3.50. The van der Waals surface area contributed by atoms with E-state index in [2.05, 4.69) is 19.9 Å². The standard InChI is InChI=1S/C17H26O2/c1-3-6-13(7-4-2)17(18)15-9-10-16-14(12-15)8-5-11-19-16/h9-10,12-13,17-18H,3-8,11H2,1-2H3. The Balaban J connectivity index is 2.15. The Hall–Kier alpha value is -1.02. The van der Waals surface area contributed by atoms with Crippen molar-refractivity contribution < 1.29 is 9.84 Å². The summed E-state index contributed by atoms with van der Waals surface area (Å²) in [4.78, 5) is 0. The fourth-order valence-corrected chi connectivity index (χ4v) is 3.04. The molecule has 1 aromatic rings. The molecule has 1 heterocycles. The second-order valence-electron chi connectivity index (χ2n) is 5.60. The highest BCUT2D eigenvalue weighted by molar-refractivity contribution is 5.39. The fourth-order valence-electron chi connectivity index (χ4n) is 3.04. The summed E-state index contributed by atoms with van der Waals surface area (Å²) in [5.74, 6) is 1.39. The van der Waals surface area contributed by atoms with E-state index in [1.165, 1.54) is 5.56 Å². The van der Waals surface area contributed by atoms with Crippen LogP contribution in [0.15, 0.2) is 18.2 Å². The molecule has 0 aromatic heterocycles. The minimum absolute atomic E-state index is 0.327. The molecule has 0 aliphatic carbocycles. The number of hydrogen-bond donors (Lipinski definition) is 1. The Morgan fingerprint density at radius 3 is 2.63 bits per heavy atom. The van der Waals surface area contributed by atoms with Crippen molar-refractivity contribution in [2.45, 2.75) is 58.5 Å². The van der Waals surface area contributed by atoms with Crippen LogP contribution in [0.2, 0.25) is 0 Å². The molecule has 2 rings (SSSR count). The van der Waals surface area contributed by atoms with Crippen LogP contribution in [0.1, 0.15) is 63.2 Å². The van der Waals surface area contributed by atoms with Gasteiger partial charge in [0.25, 0.3) is 0 Å². The van der Waals surface area contributed by atoms with Crippen LogP contribution in [0.4, 0.5) is 0 Å². The zero-order chi connectivity index (χ0) is 13.7. The Labute approximate surface area is 116 Å². The molecular weight excluding hydrogens is 236 g/mol. The van der Waals surface area contributed by atoms with E-state index in [0.29, 0.717) is 5.92 Å². The molecule has 1 N–H and O–H groups in total. The first-order valence-corrected chi connectivity index (χ1v) is 7.70. The van der Waals surface area contributed by atoms with E-state index in [0.717, 1.165) is 56.4 Å². The van der Waals surface area contributed by atoms with Crippen molar-refractivity contribution in [1.82, 2.24) is 0 Å². The monoisotopic (exact) mass is 262 g/mol. The molecule has 0 bridgehead atoms. The van der Waals surface area contributed by atoms with Crippen molar-refractivity contribution in [1.29, 1.82) is 0 Å². The number of hydrogen-bond acceptors (Lipinski definition) is 2. The van der Waals surface area contributed by atoms with E-state index in [1.807, 2.05) is 12.1 Å². The van der Waals surface area contributed by atoms with Gasteiger partial charge in [0.05, 0.1) is 12.7 Å². The number of rotatable bonds is 6. The van der Waals surface area contributed by atoms with E-state index in [4.69, 9.17) is 4.74 Å². The summed E-state index contributed by atoms with van der Waals surface area (Å²) in [5.41, 5.74) is 2.32. The molecule has 0 saturated carbocycles. The Morgan fingerprint density at radius 1 is 1.21 bits per heavy atom. The van der Waals surface area contributed by atoms with Crippen LogP contribution in [0.3, 0.4) is 0 Å². The number of ether oxygens (including phenoxy) is 1. The molecule has 0 amide bonds. The molecule has 2 nitrogen and oxygen atoms in total. The van der Waals surface area contributed by atoms with Crippen LogP contribution in [-0.4, -0.2) is 11.7 Å². The summed E-state index contributed by atoms with van der Waals surface area (Å²) < 4.78 is 5.63. The zero-order valence-corrected chi connectivity index (χ0v) is 12.2. The lowest BCUT2D eigenvalue weighted by Gasteiger charge is -2.24. The van der Waals surface area contributed by atoms with Gasteiger partial charge in [-0.05, 0) is 54.9 Å². The molecular formula is C17H26O2. The number of aryl methyl sites for hydroxylation is 1. The first kappa shape index (κ1) is 14.4. The lowest BCUT2D eigenvalue weighted by atomic mass is 9.87. The highest BCUT2D eigenvalue weighted by atomic mass is 16.5. The summed E-state index contributed by atoms with van der Waals surface area (Å²) in [5, 5.41) is 10.6. The summed E-state index contributed by atoms with van der Waals surface area (Å²) in [6.07, 6.45) is 6.30. The van der Waals surface area contributed by atoms with E-state index in [-0.39, 0.29) is 6.10 Å². The van der Waals surface area contributed by atoms with Gasteiger partial charge < -0.3 is 9.84 Å². The van der Waals surface area contributed by atoms with Crippen LogP contribution in [0, 0.1) is 5.92 Å². The van der Waals surface area contributed by atoms with Crippen molar-refractivity contribution in [3.8, 4) is 5.75 Å². The van der Waals surface area contributed by atoms with Gasteiger partial charge >= 0.3 is 0 Å². The summed E-state index contributed by atoms with van der Waals surface area (Å²) in [6.45, 7) is 5.20. The van der Waals surface area contributed by atoms with Crippen LogP contribution < -0.4 is 4.74 Å². The lowest BCUT2D eigenvalue weighted by molar-refractivity contribution is 0.0962. The number of aliphatic hydroxyl groups excluding tert-OH is 1. The highest BCUT2D eigenvalue weighted by Gasteiger charge is 2.21. The van der Waals surface area contributed by atoms with E-state index < -0.39 is 0 Å². The van der Waals surface area contributed by atoms with Crippen LogP contribution in [-0.2, 0) is 6.42 Å². The molecule has 1 atom stereocenters. The van der Waals surface area contributed by atoms with Crippen molar-refractivity contribution in [3.05, 3.63) is 29.3 Å². The van der Waals surface area contributed by atoms with Crippen molar-refractivity contribution in [3.63, 3.8) is 0 Å². The average molecular weight is 262 g/mol.